The van der Waals surface area contributed by atoms with E-state index in [-0.39, 0.29) is 17.8 Å². The van der Waals surface area contributed by atoms with E-state index in [2.05, 4.69) is 26.6 Å². The molecule has 110 valence electrons. The van der Waals surface area contributed by atoms with Gasteiger partial charge in [-0.05, 0) is 67.0 Å². The van der Waals surface area contributed by atoms with Gasteiger partial charge in [0.05, 0.1) is 4.47 Å². The van der Waals surface area contributed by atoms with Crippen molar-refractivity contribution >= 4 is 21.8 Å². The molecular weight excluding hydrogens is 327 g/mol. The molecular formula is C14H18BrFN2O2. The molecule has 0 saturated carbocycles. The molecule has 0 aromatic heterocycles. The fourth-order valence-electron chi connectivity index (χ4n) is 2.10. The van der Waals surface area contributed by atoms with Crippen molar-refractivity contribution in [3.05, 3.63) is 28.5 Å². The maximum Gasteiger partial charge on any atom is 0.260 e. The number of piperidine rings is 1. The third kappa shape index (κ3) is 4.18. The minimum Gasteiger partial charge on any atom is -0.480 e. The van der Waals surface area contributed by atoms with Crippen molar-refractivity contribution in [2.45, 2.75) is 31.9 Å². The van der Waals surface area contributed by atoms with Crippen LogP contribution < -0.4 is 15.4 Å². The molecule has 2 rings (SSSR count). The van der Waals surface area contributed by atoms with E-state index in [1.807, 2.05) is 0 Å². The van der Waals surface area contributed by atoms with Crippen molar-refractivity contribution < 1.29 is 13.9 Å². The number of ether oxygens (including phenoxy) is 1. The summed E-state index contributed by atoms with van der Waals surface area (Å²) < 4.78 is 19.0. The number of carbonyl (C=O) groups is 1. The number of halogens is 2. The molecule has 1 fully saturated rings. The SMILES string of the molecule is CC(Oc1ccc(F)cc1Br)C(=O)NC1CCNCC1. The second-order valence-corrected chi connectivity index (χ2v) is 5.72. The van der Waals surface area contributed by atoms with Gasteiger partial charge in [0, 0.05) is 6.04 Å². The van der Waals surface area contributed by atoms with Crippen LogP contribution in [0.2, 0.25) is 0 Å². The van der Waals surface area contributed by atoms with Crippen LogP contribution in [0, 0.1) is 5.82 Å². The molecule has 6 heteroatoms. The Kier molecular flexibility index (Phi) is 5.37. The largest absolute Gasteiger partial charge is 0.480 e. The fraction of sp³-hybridized carbons (Fsp3) is 0.500. The number of hydrogen-bond acceptors (Lipinski definition) is 3. The number of benzene rings is 1. The van der Waals surface area contributed by atoms with E-state index >= 15 is 0 Å². The van der Waals surface area contributed by atoms with Gasteiger partial charge in [-0.15, -0.1) is 0 Å². The quantitative estimate of drug-likeness (QED) is 0.880. The van der Waals surface area contributed by atoms with Gasteiger partial charge in [-0.1, -0.05) is 0 Å². The molecule has 2 N–H and O–H groups in total. The van der Waals surface area contributed by atoms with Gasteiger partial charge in [0.25, 0.3) is 5.91 Å². The van der Waals surface area contributed by atoms with Crippen LogP contribution in [0.25, 0.3) is 0 Å². The molecule has 1 amide bonds. The Hall–Kier alpha value is -1.14. The van der Waals surface area contributed by atoms with Gasteiger partial charge in [-0.25, -0.2) is 4.39 Å². The topological polar surface area (TPSA) is 50.4 Å². The standard InChI is InChI=1S/C14H18BrFN2O2/c1-9(14(19)18-11-4-6-17-7-5-11)20-13-3-2-10(16)8-12(13)15/h2-3,8-9,11,17H,4-7H2,1H3,(H,18,19). The first kappa shape index (κ1) is 15.3. The third-order valence-corrected chi connectivity index (χ3v) is 3.87. The van der Waals surface area contributed by atoms with E-state index in [4.69, 9.17) is 4.74 Å². The first-order chi connectivity index (χ1) is 9.56. The van der Waals surface area contributed by atoms with Crippen molar-refractivity contribution in [1.29, 1.82) is 0 Å². The lowest BCUT2D eigenvalue weighted by molar-refractivity contribution is -0.128. The van der Waals surface area contributed by atoms with Crippen LogP contribution in [0.4, 0.5) is 4.39 Å². The van der Waals surface area contributed by atoms with Crippen LogP contribution in [0.1, 0.15) is 19.8 Å². The summed E-state index contributed by atoms with van der Waals surface area (Å²) in [4.78, 5) is 12.0. The molecule has 0 spiro atoms. The summed E-state index contributed by atoms with van der Waals surface area (Å²) in [7, 11) is 0. The summed E-state index contributed by atoms with van der Waals surface area (Å²) >= 11 is 3.22. The molecule has 0 bridgehead atoms. The number of hydrogen-bond donors (Lipinski definition) is 2. The van der Waals surface area contributed by atoms with Crippen molar-refractivity contribution in [1.82, 2.24) is 10.6 Å². The molecule has 1 aliphatic rings. The Bertz CT molecular complexity index is 478. The minimum absolute atomic E-state index is 0.145. The third-order valence-electron chi connectivity index (χ3n) is 3.25. The van der Waals surface area contributed by atoms with Crippen molar-refractivity contribution in [2.75, 3.05) is 13.1 Å². The lowest BCUT2D eigenvalue weighted by atomic mass is 10.1. The summed E-state index contributed by atoms with van der Waals surface area (Å²) in [6.07, 6.45) is 1.24. The molecule has 0 radical (unpaired) electrons. The highest BCUT2D eigenvalue weighted by molar-refractivity contribution is 9.10. The first-order valence-corrected chi connectivity index (χ1v) is 7.48. The normalized spacial score (nSPS) is 17.6. The van der Waals surface area contributed by atoms with Crippen LogP contribution in [-0.2, 0) is 4.79 Å². The van der Waals surface area contributed by atoms with E-state index < -0.39 is 6.10 Å². The van der Waals surface area contributed by atoms with Crippen molar-refractivity contribution in [3.63, 3.8) is 0 Å². The second kappa shape index (κ2) is 7.04. The lowest BCUT2D eigenvalue weighted by Gasteiger charge is -2.25. The molecule has 0 aliphatic carbocycles. The lowest BCUT2D eigenvalue weighted by Crippen LogP contribution is -2.47. The maximum absolute atomic E-state index is 13.0. The Morgan fingerprint density at radius 3 is 2.85 bits per heavy atom. The van der Waals surface area contributed by atoms with Gasteiger partial charge in [-0.2, -0.15) is 0 Å². The average Bonchev–Trinajstić information content (AvgIpc) is 2.43. The second-order valence-electron chi connectivity index (χ2n) is 4.87. The highest BCUT2D eigenvalue weighted by atomic mass is 79.9. The summed E-state index contributed by atoms with van der Waals surface area (Å²) in [5, 5.41) is 6.22. The van der Waals surface area contributed by atoms with Crippen molar-refractivity contribution in [3.8, 4) is 5.75 Å². The molecule has 1 heterocycles. The molecule has 1 saturated heterocycles. The van der Waals surface area contributed by atoms with Crippen LogP contribution in [0.3, 0.4) is 0 Å². The Balaban J connectivity index is 1.89. The predicted molar refractivity (Wildman–Crippen MR) is 78.2 cm³/mol. The number of amides is 1. The number of carbonyl (C=O) groups excluding carboxylic acids is 1. The van der Waals surface area contributed by atoms with Gasteiger partial charge in [-0.3, -0.25) is 4.79 Å². The minimum atomic E-state index is -0.619. The summed E-state index contributed by atoms with van der Waals surface area (Å²) in [5.41, 5.74) is 0. The molecule has 20 heavy (non-hydrogen) atoms. The highest BCUT2D eigenvalue weighted by Gasteiger charge is 2.21. The van der Waals surface area contributed by atoms with Gasteiger partial charge < -0.3 is 15.4 Å². The smallest absolute Gasteiger partial charge is 0.260 e. The molecule has 1 atom stereocenters. The zero-order valence-electron chi connectivity index (χ0n) is 11.3. The number of rotatable bonds is 4. The Morgan fingerprint density at radius 2 is 2.20 bits per heavy atom. The molecule has 1 aromatic rings. The maximum atomic E-state index is 13.0. The van der Waals surface area contributed by atoms with Crippen molar-refractivity contribution in [2.24, 2.45) is 0 Å². The van der Waals surface area contributed by atoms with E-state index in [1.54, 1.807) is 6.92 Å². The summed E-state index contributed by atoms with van der Waals surface area (Å²) in [5.74, 6) is -0.0384. The Morgan fingerprint density at radius 1 is 1.50 bits per heavy atom. The monoisotopic (exact) mass is 344 g/mol. The van der Waals surface area contributed by atoms with Gasteiger partial charge in [0.1, 0.15) is 11.6 Å². The predicted octanol–water partition coefficient (Wildman–Crippen LogP) is 2.22. The van der Waals surface area contributed by atoms with E-state index in [0.29, 0.717) is 10.2 Å². The fourth-order valence-corrected chi connectivity index (χ4v) is 2.54. The molecule has 1 unspecified atom stereocenters. The van der Waals surface area contributed by atoms with Crippen LogP contribution in [-0.4, -0.2) is 31.1 Å². The van der Waals surface area contributed by atoms with E-state index in [1.165, 1.54) is 18.2 Å². The molecule has 1 aliphatic heterocycles. The van der Waals surface area contributed by atoms with Crippen LogP contribution >= 0.6 is 15.9 Å². The first-order valence-electron chi connectivity index (χ1n) is 6.69. The highest BCUT2D eigenvalue weighted by Crippen LogP contribution is 2.26. The zero-order valence-corrected chi connectivity index (χ0v) is 12.9. The summed E-state index contributed by atoms with van der Waals surface area (Å²) in [6.45, 7) is 3.53. The van der Waals surface area contributed by atoms with E-state index in [9.17, 15) is 9.18 Å². The van der Waals surface area contributed by atoms with Crippen LogP contribution in [0.15, 0.2) is 22.7 Å². The van der Waals surface area contributed by atoms with Gasteiger partial charge in [0.2, 0.25) is 0 Å². The van der Waals surface area contributed by atoms with Crippen LogP contribution in [0.5, 0.6) is 5.75 Å². The summed E-state index contributed by atoms with van der Waals surface area (Å²) in [6, 6.07) is 4.32. The Labute approximate surface area is 126 Å². The molecule has 1 aromatic carbocycles. The average molecular weight is 345 g/mol. The molecule has 4 nitrogen and oxygen atoms in total. The number of nitrogens with one attached hydrogen (secondary N) is 2. The van der Waals surface area contributed by atoms with Gasteiger partial charge >= 0.3 is 0 Å². The zero-order chi connectivity index (χ0) is 14.5. The van der Waals surface area contributed by atoms with E-state index in [0.717, 1.165) is 25.9 Å². The van der Waals surface area contributed by atoms with Gasteiger partial charge in [0.15, 0.2) is 6.10 Å².